The van der Waals surface area contributed by atoms with Crippen LogP contribution in [-0.2, 0) is 17.1 Å². The van der Waals surface area contributed by atoms with Crippen LogP contribution in [0, 0.1) is 19.3 Å². The van der Waals surface area contributed by atoms with Gasteiger partial charge in [-0.2, -0.15) is 0 Å². The highest BCUT2D eigenvalue weighted by Gasteiger charge is 2.19. The number of amides is 1. The summed E-state index contributed by atoms with van der Waals surface area (Å²) < 4.78 is 2.00. The second kappa shape index (κ2) is 9.88. The average Bonchev–Trinajstić information content (AvgIpc) is 3.08. The van der Waals surface area contributed by atoms with E-state index in [0.717, 1.165) is 22.2 Å². The van der Waals surface area contributed by atoms with Crippen LogP contribution >= 0.6 is 23.4 Å². The van der Waals surface area contributed by atoms with Gasteiger partial charge in [-0.15, -0.1) is 10.2 Å². The van der Waals surface area contributed by atoms with Gasteiger partial charge in [-0.25, -0.2) is 0 Å². The summed E-state index contributed by atoms with van der Waals surface area (Å²) in [6, 6.07) is 14.2. The molecule has 0 aliphatic heterocycles. The van der Waals surface area contributed by atoms with Gasteiger partial charge in [-0.1, -0.05) is 80.0 Å². The van der Waals surface area contributed by atoms with Crippen LogP contribution in [0.25, 0.3) is 5.69 Å². The lowest BCUT2D eigenvalue weighted by Gasteiger charge is -2.18. The Morgan fingerprint density at radius 1 is 1.13 bits per heavy atom. The predicted molar refractivity (Wildman–Crippen MR) is 128 cm³/mol. The summed E-state index contributed by atoms with van der Waals surface area (Å²) in [5, 5.41) is 13.2. The maximum absolute atomic E-state index is 12.4. The molecule has 164 valence electrons. The van der Waals surface area contributed by atoms with Gasteiger partial charge in [-0.3, -0.25) is 9.36 Å². The number of rotatable bonds is 7. The molecular formula is C24H29ClN4OS. The van der Waals surface area contributed by atoms with Crippen molar-refractivity contribution in [3.05, 3.63) is 70.0 Å². The molecular weight excluding hydrogens is 428 g/mol. The minimum Gasteiger partial charge on any atom is -0.349 e. The van der Waals surface area contributed by atoms with Gasteiger partial charge in [0.1, 0.15) is 0 Å². The molecule has 1 aromatic heterocycles. The van der Waals surface area contributed by atoms with E-state index in [1.807, 2.05) is 50.5 Å². The minimum atomic E-state index is -0.0733. The smallest absolute Gasteiger partial charge is 0.220 e. The molecule has 0 saturated carbocycles. The van der Waals surface area contributed by atoms with E-state index in [0.29, 0.717) is 23.8 Å². The number of benzene rings is 2. The topological polar surface area (TPSA) is 59.8 Å². The van der Waals surface area contributed by atoms with E-state index >= 15 is 0 Å². The zero-order valence-corrected chi connectivity index (χ0v) is 20.3. The van der Waals surface area contributed by atoms with Crippen LogP contribution < -0.4 is 5.32 Å². The van der Waals surface area contributed by atoms with Gasteiger partial charge < -0.3 is 5.32 Å². The van der Waals surface area contributed by atoms with Crippen LogP contribution in [0.1, 0.15) is 49.7 Å². The molecule has 3 aromatic rings. The summed E-state index contributed by atoms with van der Waals surface area (Å²) in [6.07, 6.45) is 0.451. The van der Waals surface area contributed by atoms with Gasteiger partial charge in [-0.05, 0) is 42.5 Å². The first-order valence-corrected chi connectivity index (χ1v) is 11.6. The number of nitrogens with one attached hydrogen (secondary N) is 1. The molecule has 2 aromatic carbocycles. The number of hydrogen-bond donors (Lipinski definition) is 1. The SMILES string of the molecule is Cc1cccc(CSc2nnc(CNC(=O)CC(C)(C)C)n2-c2cc(Cl)ccc2C)c1. The molecule has 0 aliphatic carbocycles. The Labute approximate surface area is 193 Å². The second-order valence-electron chi connectivity index (χ2n) is 8.96. The van der Waals surface area contributed by atoms with Crippen LogP contribution in [-0.4, -0.2) is 20.7 Å². The minimum absolute atomic E-state index is 0.00108. The van der Waals surface area contributed by atoms with Gasteiger partial charge in [0.2, 0.25) is 5.91 Å². The molecule has 5 nitrogen and oxygen atoms in total. The molecule has 0 bridgehead atoms. The van der Waals surface area contributed by atoms with Crippen molar-refractivity contribution >= 4 is 29.3 Å². The molecule has 1 N–H and O–H groups in total. The van der Waals surface area contributed by atoms with Gasteiger partial charge in [0, 0.05) is 17.2 Å². The largest absolute Gasteiger partial charge is 0.349 e. The Morgan fingerprint density at radius 2 is 1.90 bits per heavy atom. The van der Waals surface area contributed by atoms with Gasteiger partial charge in [0.25, 0.3) is 0 Å². The zero-order valence-electron chi connectivity index (χ0n) is 18.7. The lowest BCUT2D eigenvalue weighted by Crippen LogP contribution is -2.28. The highest BCUT2D eigenvalue weighted by molar-refractivity contribution is 7.98. The monoisotopic (exact) mass is 456 g/mol. The standard InChI is InChI=1S/C24H29ClN4OS/c1-16-7-6-8-18(11-16)15-31-23-28-27-21(14-26-22(30)13-24(3,4)5)29(23)20-12-19(25)10-9-17(20)2/h6-12H,13-15H2,1-5H3,(H,26,30). The van der Waals surface area contributed by atoms with E-state index in [2.05, 4.69) is 46.7 Å². The molecule has 0 fully saturated rings. The van der Waals surface area contributed by atoms with Crippen LogP contribution in [0.4, 0.5) is 0 Å². The summed E-state index contributed by atoms with van der Waals surface area (Å²) in [6.45, 7) is 10.6. The summed E-state index contributed by atoms with van der Waals surface area (Å²) in [5.74, 6) is 1.45. The summed E-state index contributed by atoms with van der Waals surface area (Å²) in [7, 11) is 0. The van der Waals surface area contributed by atoms with E-state index < -0.39 is 0 Å². The van der Waals surface area contributed by atoms with Crippen molar-refractivity contribution in [1.82, 2.24) is 20.1 Å². The van der Waals surface area contributed by atoms with Crippen molar-refractivity contribution in [2.45, 2.75) is 58.5 Å². The maximum atomic E-state index is 12.4. The van der Waals surface area contributed by atoms with E-state index in [1.54, 1.807) is 11.8 Å². The third-order valence-electron chi connectivity index (χ3n) is 4.70. The van der Waals surface area contributed by atoms with Crippen molar-refractivity contribution in [2.75, 3.05) is 0 Å². The van der Waals surface area contributed by atoms with Crippen molar-refractivity contribution < 1.29 is 4.79 Å². The quantitative estimate of drug-likeness (QED) is 0.451. The molecule has 7 heteroatoms. The Bertz CT molecular complexity index is 1070. The zero-order chi connectivity index (χ0) is 22.6. The molecule has 0 aliphatic rings. The maximum Gasteiger partial charge on any atom is 0.220 e. The lowest BCUT2D eigenvalue weighted by molar-refractivity contribution is -0.123. The summed E-state index contributed by atoms with van der Waals surface area (Å²) >= 11 is 7.92. The number of carbonyl (C=O) groups excluding carboxylic acids is 1. The van der Waals surface area contributed by atoms with Crippen molar-refractivity contribution in [3.8, 4) is 5.69 Å². The number of halogens is 1. The first-order chi connectivity index (χ1) is 14.6. The van der Waals surface area contributed by atoms with Crippen molar-refractivity contribution in [1.29, 1.82) is 0 Å². The lowest BCUT2D eigenvalue weighted by atomic mass is 9.92. The molecule has 0 spiro atoms. The van der Waals surface area contributed by atoms with E-state index in [9.17, 15) is 4.79 Å². The van der Waals surface area contributed by atoms with E-state index in [-0.39, 0.29) is 11.3 Å². The fraction of sp³-hybridized carbons (Fsp3) is 0.375. The molecule has 0 saturated heterocycles. The number of aromatic nitrogens is 3. The summed E-state index contributed by atoms with van der Waals surface area (Å²) in [5.41, 5.74) is 4.36. The number of carbonyl (C=O) groups is 1. The first-order valence-electron chi connectivity index (χ1n) is 10.3. The third kappa shape index (κ3) is 6.58. The average molecular weight is 457 g/mol. The van der Waals surface area contributed by atoms with Gasteiger partial charge in [0.05, 0.1) is 12.2 Å². The highest BCUT2D eigenvalue weighted by atomic mass is 35.5. The Hall–Kier alpha value is -2.31. The number of thioether (sulfide) groups is 1. The van der Waals surface area contributed by atoms with Crippen molar-refractivity contribution in [2.24, 2.45) is 5.41 Å². The normalized spacial score (nSPS) is 11.5. The van der Waals surface area contributed by atoms with Gasteiger partial charge in [0.15, 0.2) is 11.0 Å². The molecule has 0 unspecified atom stereocenters. The highest BCUT2D eigenvalue weighted by Crippen LogP contribution is 2.29. The van der Waals surface area contributed by atoms with Gasteiger partial charge >= 0.3 is 0 Å². The van der Waals surface area contributed by atoms with Crippen molar-refractivity contribution in [3.63, 3.8) is 0 Å². The Kier molecular flexibility index (Phi) is 7.44. The van der Waals surface area contributed by atoms with E-state index in [4.69, 9.17) is 11.6 Å². The molecule has 0 atom stereocenters. The number of nitrogens with zero attached hydrogens (tertiary/aromatic N) is 3. The van der Waals surface area contributed by atoms with Crippen LogP contribution in [0.15, 0.2) is 47.6 Å². The number of aryl methyl sites for hydroxylation is 2. The third-order valence-corrected chi connectivity index (χ3v) is 5.93. The molecule has 1 amide bonds. The summed E-state index contributed by atoms with van der Waals surface area (Å²) in [4.78, 5) is 12.4. The van der Waals surface area contributed by atoms with E-state index in [1.165, 1.54) is 11.1 Å². The van der Waals surface area contributed by atoms with Crippen LogP contribution in [0.5, 0.6) is 0 Å². The molecule has 1 heterocycles. The number of hydrogen-bond acceptors (Lipinski definition) is 4. The molecule has 31 heavy (non-hydrogen) atoms. The Morgan fingerprint density at radius 3 is 2.61 bits per heavy atom. The first kappa shape index (κ1) is 23.4. The fourth-order valence-corrected chi connectivity index (χ4v) is 4.32. The molecule has 0 radical (unpaired) electrons. The fourth-order valence-electron chi connectivity index (χ4n) is 3.25. The van der Waals surface area contributed by atoms with Crippen LogP contribution in [0.3, 0.4) is 0 Å². The second-order valence-corrected chi connectivity index (χ2v) is 10.3. The van der Waals surface area contributed by atoms with Crippen LogP contribution in [0.2, 0.25) is 5.02 Å². The predicted octanol–water partition coefficient (Wildman–Crippen LogP) is 5.88. The molecule has 3 rings (SSSR count). The Balaban J connectivity index is 1.88.